The normalized spacial score (nSPS) is 13.0. The Kier molecular flexibility index (Phi) is 4.30. The Balaban J connectivity index is 4.61. The molecule has 0 heteroatoms. The van der Waals surface area contributed by atoms with Crippen molar-refractivity contribution in [2.45, 2.75) is 13.8 Å². The molecule has 0 spiro atoms. The highest BCUT2D eigenvalue weighted by atomic mass is 13.9. The SMILES string of the molecule is C=C/C(C)=C(C=C)/C=C/C. The molecular formula is C10H14. The van der Waals surface area contributed by atoms with Gasteiger partial charge >= 0.3 is 0 Å². The van der Waals surface area contributed by atoms with Gasteiger partial charge in [-0.1, -0.05) is 37.5 Å². The molecular weight excluding hydrogens is 120 g/mol. The lowest BCUT2D eigenvalue weighted by Gasteiger charge is -1.95. The minimum absolute atomic E-state index is 1.14. The maximum atomic E-state index is 3.69. The summed E-state index contributed by atoms with van der Waals surface area (Å²) in [5, 5.41) is 0. The Morgan fingerprint density at radius 2 is 1.80 bits per heavy atom. The van der Waals surface area contributed by atoms with Gasteiger partial charge in [0.05, 0.1) is 0 Å². The van der Waals surface area contributed by atoms with E-state index in [1.165, 1.54) is 0 Å². The Bertz CT molecular complexity index is 180. The van der Waals surface area contributed by atoms with Gasteiger partial charge in [0.25, 0.3) is 0 Å². The molecule has 0 nitrogen and oxygen atoms in total. The van der Waals surface area contributed by atoms with Crippen molar-refractivity contribution in [3.05, 3.63) is 48.6 Å². The van der Waals surface area contributed by atoms with Gasteiger partial charge in [0.1, 0.15) is 0 Å². The van der Waals surface area contributed by atoms with Crippen molar-refractivity contribution in [3.8, 4) is 0 Å². The van der Waals surface area contributed by atoms with Crippen molar-refractivity contribution in [1.29, 1.82) is 0 Å². The Morgan fingerprint density at radius 3 is 2.10 bits per heavy atom. The van der Waals surface area contributed by atoms with Crippen LogP contribution in [0, 0.1) is 0 Å². The molecule has 0 aliphatic heterocycles. The van der Waals surface area contributed by atoms with Gasteiger partial charge in [-0.15, -0.1) is 0 Å². The van der Waals surface area contributed by atoms with Gasteiger partial charge in [-0.05, 0) is 25.0 Å². The zero-order valence-electron chi connectivity index (χ0n) is 6.72. The average molecular weight is 134 g/mol. The molecule has 0 aliphatic rings. The monoisotopic (exact) mass is 134 g/mol. The molecule has 0 aromatic rings. The summed E-state index contributed by atoms with van der Waals surface area (Å²) in [6.45, 7) is 11.4. The molecule has 0 aromatic heterocycles. The van der Waals surface area contributed by atoms with Crippen molar-refractivity contribution >= 4 is 0 Å². The fraction of sp³-hybridized carbons (Fsp3) is 0.200. The summed E-state index contributed by atoms with van der Waals surface area (Å²) in [4.78, 5) is 0. The van der Waals surface area contributed by atoms with E-state index in [2.05, 4.69) is 13.2 Å². The first kappa shape index (κ1) is 8.96. The molecule has 0 saturated heterocycles. The van der Waals surface area contributed by atoms with Crippen LogP contribution in [0.3, 0.4) is 0 Å². The fourth-order valence-corrected chi connectivity index (χ4v) is 0.658. The smallest absolute Gasteiger partial charge is 0.0237 e. The van der Waals surface area contributed by atoms with Crippen LogP contribution in [-0.2, 0) is 0 Å². The molecule has 0 atom stereocenters. The highest BCUT2D eigenvalue weighted by Gasteiger charge is 1.86. The van der Waals surface area contributed by atoms with Crippen LogP contribution < -0.4 is 0 Å². The standard InChI is InChI=1S/C10H14/c1-5-8-10(7-3)9(4)6-2/h5-8H,2-3H2,1,4H3/b8-5+,10-9+. The van der Waals surface area contributed by atoms with Gasteiger partial charge in [-0.2, -0.15) is 0 Å². The van der Waals surface area contributed by atoms with E-state index in [4.69, 9.17) is 0 Å². The predicted molar refractivity (Wildman–Crippen MR) is 47.9 cm³/mol. The lowest BCUT2D eigenvalue weighted by atomic mass is 10.1. The number of rotatable bonds is 3. The molecule has 0 amide bonds. The highest BCUT2D eigenvalue weighted by Crippen LogP contribution is 2.06. The molecule has 0 bridgehead atoms. The van der Waals surface area contributed by atoms with Crippen LogP contribution >= 0.6 is 0 Å². The molecule has 0 N–H and O–H groups in total. The molecule has 0 heterocycles. The second-order valence-corrected chi connectivity index (χ2v) is 2.05. The molecule has 0 saturated carbocycles. The molecule has 0 rings (SSSR count). The van der Waals surface area contributed by atoms with Crippen LogP contribution in [0.15, 0.2) is 48.6 Å². The third-order valence-corrected chi connectivity index (χ3v) is 1.33. The van der Waals surface area contributed by atoms with E-state index in [1.807, 2.05) is 38.2 Å². The van der Waals surface area contributed by atoms with Crippen LogP contribution in [0.2, 0.25) is 0 Å². The van der Waals surface area contributed by atoms with Gasteiger partial charge in [-0.25, -0.2) is 0 Å². The molecule has 0 aromatic carbocycles. The number of hydrogen-bond donors (Lipinski definition) is 0. The summed E-state index contributed by atoms with van der Waals surface area (Å²) < 4.78 is 0. The highest BCUT2D eigenvalue weighted by molar-refractivity contribution is 5.37. The van der Waals surface area contributed by atoms with Crippen LogP contribution in [0.1, 0.15) is 13.8 Å². The summed E-state index contributed by atoms with van der Waals surface area (Å²) in [6.07, 6.45) is 7.67. The maximum Gasteiger partial charge on any atom is -0.0237 e. The van der Waals surface area contributed by atoms with E-state index >= 15 is 0 Å². The van der Waals surface area contributed by atoms with Gasteiger partial charge in [0.2, 0.25) is 0 Å². The summed E-state index contributed by atoms with van der Waals surface area (Å²) in [5.41, 5.74) is 2.30. The van der Waals surface area contributed by atoms with E-state index in [9.17, 15) is 0 Å². The van der Waals surface area contributed by atoms with Crippen molar-refractivity contribution in [3.63, 3.8) is 0 Å². The first-order valence-corrected chi connectivity index (χ1v) is 3.34. The molecule has 0 fully saturated rings. The molecule has 0 radical (unpaired) electrons. The Morgan fingerprint density at radius 1 is 1.20 bits per heavy atom. The second kappa shape index (κ2) is 4.80. The number of hydrogen-bond acceptors (Lipinski definition) is 0. The maximum absolute atomic E-state index is 3.69. The van der Waals surface area contributed by atoms with E-state index in [0.29, 0.717) is 0 Å². The van der Waals surface area contributed by atoms with Gasteiger partial charge in [0, 0.05) is 0 Å². The van der Waals surface area contributed by atoms with E-state index in [1.54, 1.807) is 0 Å². The minimum atomic E-state index is 1.14. The van der Waals surface area contributed by atoms with Crippen LogP contribution in [0.4, 0.5) is 0 Å². The summed E-state index contributed by atoms with van der Waals surface area (Å²) in [5.74, 6) is 0. The minimum Gasteiger partial charge on any atom is -0.0988 e. The zero-order chi connectivity index (χ0) is 7.98. The van der Waals surface area contributed by atoms with Crippen LogP contribution in [-0.4, -0.2) is 0 Å². The van der Waals surface area contributed by atoms with E-state index in [0.717, 1.165) is 11.1 Å². The molecule has 10 heavy (non-hydrogen) atoms. The average Bonchev–Trinajstić information content (AvgIpc) is 1.99. The molecule has 54 valence electrons. The van der Waals surface area contributed by atoms with E-state index in [-0.39, 0.29) is 0 Å². The summed E-state index contributed by atoms with van der Waals surface area (Å²) in [7, 11) is 0. The quantitative estimate of drug-likeness (QED) is 0.520. The Labute approximate surface area is 63.3 Å². The third-order valence-electron chi connectivity index (χ3n) is 1.33. The molecule has 0 aliphatic carbocycles. The zero-order valence-corrected chi connectivity index (χ0v) is 6.72. The van der Waals surface area contributed by atoms with Gasteiger partial charge in [0.15, 0.2) is 0 Å². The number of allylic oxidation sites excluding steroid dienone is 6. The third kappa shape index (κ3) is 2.49. The van der Waals surface area contributed by atoms with Crippen LogP contribution in [0.5, 0.6) is 0 Å². The lowest BCUT2D eigenvalue weighted by molar-refractivity contribution is 1.45. The van der Waals surface area contributed by atoms with E-state index < -0.39 is 0 Å². The first-order chi connectivity index (χ1) is 4.76. The largest absolute Gasteiger partial charge is 0.0988 e. The van der Waals surface area contributed by atoms with Crippen molar-refractivity contribution in [2.75, 3.05) is 0 Å². The van der Waals surface area contributed by atoms with Gasteiger partial charge < -0.3 is 0 Å². The van der Waals surface area contributed by atoms with Crippen molar-refractivity contribution in [1.82, 2.24) is 0 Å². The Hall–Kier alpha value is -1.04. The summed E-state index contributed by atoms with van der Waals surface area (Å²) >= 11 is 0. The lowest BCUT2D eigenvalue weighted by Crippen LogP contribution is -1.75. The molecule has 0 unspecified atom stereocenters. The van der Waals surface area contributed by atoms with Gasteiger partial charge in [-0.3, -0.25) is 0 Å². The predicted octanol–water partition coefficient (Wildman–Crippen LogP) is 3.25. The van der Waals surface area contributed by atoms with Crippen molar-refractivity contribution < 1.29 is 0 Å². The van der Waals surface area contributed by atoms with Crippen molar-refractivity contribution in [2.24, 2.45) is 0 Å². The topological polar surface area (TPSA) is 0 Å². The summed E-state index contributed by atoms with van der Waals surface area (Å²) in [6, 6.07) is 0. The first-order valence-electron chi connectivity index (χ1n) is 3.34. The second-order valence-electron chi connectivity index (χ2n) is 2.05. The fourth-order valence-electron chi connectivity index (χ4n) is 0.658. The van der Waals surface area contributed by atoms with Crippen LogP contribution in [0.25, 0.3) is 0 Å².